The molecule has 0 bridgehead atoms. The smallest absolute Gasteiger partial charge is 0.0191 e. The minimum Gasteiger partial charge on any atom is -0.257 e. The van der Waals surface area contributed by atoms with Gasteiger partial charge in [0.05, 0.1) is 0 Å². The molecule has 0 amide bonds. The van der Waals surface area contributed by atoms with Crippen molar-refractivity contribution >= 4 is 11.8 Å². The lowest BCUT2D eigenvalue weighted by atomic mass is 10.6. The Bertz CT molecular complexity index is 27.3. The normalized spacial score (nSPS) is 9.43. The van der Waals surface area contributed by atoms with Gasteiger partial charge in [0.1, 0.15) is 0 Å². The van der Waals surface area contributed by atoms with Gasteiger partial charge in [0.15, 0.2) is 0 Å². The first-order valence-corrected chi connectivity index (χ1v) is 3.79. The van der Waals surface area contributed by atoms with Gasteiger partial charge in [0, 0.05) is 12.3 Å². The molecule has 0 aromatic heterocycles. The molecule has 0 unspecified atom stereocenters. The average Bonchev–Trinajstić information content (AvgIpc) is 1.69. The molecule has 0 aliphatic carbocycles. The molecule has 0 aliphatic rings. The van der Waals surface area contributed by atoms with Crippen molar-refractivity contribution in [1.82, 2.24) is 5.73 Å². The average molecular weight is 118 g/mol. The topological polar surface area (TPSA) is 23.8 Å². The summed E-state index contributed by atoms with van der Waals surface area (Å²) in [5, 5.41) is 0. The predicted molar refractivity (Wildman–Crippen MR) is 35.6 cm³/mol. The van der Waals surface area contributed by atoms with E-state index in [1.54, 1.807) is 0 Å². The second-order valence-electron chi connectivity index (χ2n) is 1.36. The van der Waals surface area contributed by atoms with E-state index in [0.29, 0.717) is 6.54 Å². The van der Waals surface area contributed by atoms with Crippen LogP contribution in [-0.2, 0) is 0 Å². The zero-order valence-electron chi connectivity index (χ0n) is 4.74. The molecule has 0 fully saturated rings. The summed E-state index contributed by atoms with van der Waals surface area (Å²) in [6.07, 6.45) is 1.24. The molecule has 0 aromatic carbocycles. The van der Waals surface area contributed by atoms with Crippen LogP contribution in [0.3, 0.4) is 0 Å². The van der Waals surface area contributed by atoms with Gasteiger partial charge in [-0.1, -0.05) is 6.92 Å². The molecule has 1 nitrogen and oxygen atoms in total. The fourth-order valence-corrected chi connectivity index (χ4v) is 0.956. The largest absolute Gasteiger partial charge is 0.257 e. The number of hydrogen-bond acceptors (Lipinski definition) is 1. The summed E-state index contributed by atoms with van der Waals surface area (Å²) in [6.45, 7) is 2.74. The van der Waals surface area contributed by atoms with Crippen molar-refractivity contribution in [2.45, 2.75) is 13.3 Å². The monoisotopic (exact) mass is 118 g/mol. The van der Waals surface area contributed by atoms with Gasteiger partial charge in [-0.15, -0.1) is 0 Å². The van der Waals surface area contributed by atoms with Gasteiger partial charge >= 0.3 is 0 Å². The van der Waals surface area contributed by atoms with Crippen LogP contribution < -0.4 is 5.73 Å². The predicted octanol–water partition coefficient (Wildman–Crippen LogP) is 1.41. The van der Waals surface area contributed by atoms with E-state index >= 15 is 0 Å². The highest BCUT2D eigenvalue weighted by molar-refractivity contribution is 7.99. The van der Waals surface area contributed by atoms with Crippen LogP contribution in [0.25, 0.3) is 0 Å². The van der Waals surface area contributed by atoms with Crippen LogP contribution in [0.15, 0.2) is 0 Å². The minimum absolute atomic E-state index is 0.574. The van der Waals surface area contributed by atoms with Crippen LogP contribution in [0.2, 0.25) is 0 Å². The zero-order chi connectivity index (χ0) is 5.54. The second kappa shape index (κ2) is 6.31. The van der Waals surface area contributed by atoms with Crippen molar-refractivity contribution in [2.24, 2.45) is 0 Å². The van der Waals surface area contributed by atoms with E-state index < -0.39 is 0 Å². The first kappa shape index (κ1) is 7.31. The number of thioether (sulfide) groups is 1. The van der Waals surface area contributed by atoms with Crippen LogP contribution in [0.5, 0.6) is 0 Å². The molecular formula is C5H12NS. The van der Waals surface area contributed by atoms with Crippen LogP contribution in [0, 0.1) is 0 Å². The Kier molecular flexibility index (Phi) is 6.59. The van der Waals surface area contributed by atoms with Crippen molar-refractivity contribution in [3.05, 3.63) is 0 Å². The van der Waals surface area contributed by atoms with E-state index in [0.717, 1.165) is 5.75 Å². The Morgan fingerprint density at radius 2 is 2.14 bits per heavy atom. The summed E-state index contributed by atoms with van der Waals surface area (Å²) in [6, 6.07) is 0. The van der Waals surface area contributed by atoms with E-state index in [1.165, 1.54) is 12.2 Å². The highest BCUT2D eigenvalue weighted by Gasteiger charge is 1.80. The lowest BCUT2D eigenvalue weighted by Crippen LogP contribution is -1.88. The fourth-order valence-electron chi connectivity index (χ4n) is 0.319. The fraction of sp³-hybridized carbons (Fsp3) is 1.00. The Morgan fingerprint density at radius 3 is 2.57 bits per heavy atom. The van der Waals surface area contributed by atoms with E-state index in [4.69, 9.17) is 5.73 Å². The van der Waals surface area contributed by atoms with Crippen molar-refractivity contribution in [1.29, 1.82) is 0 Å². The summed E-state index contributed by atoms with van der Waals surface area (Å²) >= 11 is 1.87. The zero-order valence-corrected chi connectivity index (χ0v) is 5.55. The molecule has 0 aliphatic heterocycles. The standard InChI is InChI=1S/C5H12NS/c1-2-4-7-5-3-6/h6H,2-5H2,1H3. The Labute approximate surface area is 49.7 Å². The Hall–Kier alpha value is 0.310. The van der Waals surface area contributed by atoms with Gasteiger partial charge in [0.25, 0.3) is 0 Å². The molecule has 0 atom stereocenters. The maximum Gasteiger partial charge on any atom is 0.0191 e. The second-order valence-corrected chi connectivity index (χ2v) is 2.59. The molecule has 0 saturated carbocycles. The van der Waals surface area contributed by atoms with Gasteiger partial charge in [-0.05, 0) is 12.2 Å². The molecule has 0 aromatic rings. The van der Waals surface area contributed by atoms with E-state index in [9.17, 15) is 0 Å². The summed E-state index contributed by atoms with van der Waals surface area (Å²) < 4.78 is 0. The van der Waals surface area contributed by atoms with E-state index in [2.05, 4.69) is 6.92 Å². The molecule has 2 heteroatoms. The third-order valence-corrected chi connectivity index (χ3v) is 1.78. The first-order valence-electron chi connectivity index (χ1n) is 2.64. The maximum absolute atomic E-state index is 6.76. The Balaban J connectivity index is 2.45. The molecule has 1 radical (unpaired) electrons. The third-order valence-electron chi connectivity index (χ3n) is 0.595. The van der Waals surface area contributed by atoms with Gasteiger partial charge in [-0.25, -0.2) is 0 Å². The van der Waals surface area contributed by atoms with Crippen LogP contribution >= 0.6 is 11.8 Å². The number of hydrogen-bond donors (Lipinski definition) is 0. The van der Waals surface area contributed by atoms with Gasteiger partial charge in [-0.3, -0.25) is 5.73 Å². The molecule has 7 heavy (non-hydrogen) atoms. The highest BCUT2D eigenvalue weighted by Crippen LogP contribution is 1.98. The van der Waals surface area contributed by atoms with Crippen molar-refractivity contribution in [2.75, 3.05) is 18.1 Å². The third kappa shape index (κ3) is 6.31. The molecular weight excluding hydrogens is 106 g/mol. The van der Waals surface area contributed by atoms with Crippen LogP contribution in [-0.4, -0.2) is 18.1 Å². The van der Waals surface area contributed by atoms with E-state index in [-0.39, 0.29) is 0 Å². The van der Waals surface area contributed by atoms with Gasteiger partial charge < -0.3 is 0 Å². The van der Waals surface area contributed by atoms with Crippen molar-refractivity contribution < 1.29 is 0 Å². The maximum atomic E-state index is 6.76. The summed E-state index contributed by atoms with van der Waals surface area (Å²) in [5.74, 6) is 2.23. The van der Waals surface area contributed by atoms with Crippen LogP contribution in [0.4, 0.5) is 0 Å². The lowest BCUT2D eigenvalue weighted by molar-refractivity contribution is 1.08. The van der Waals surface area contributed by atoms with Crippen molar-refractivity contribution in [3.63, 3.8) is 0 Å². The number of rotatable bonds is 4. The van der Waals surface area contributed by atoms with E-state index in [1.807, 2.05) is 11.8 Å². The number of nitrogens with one attached hydrogen (secondary N) is 1. The Morgan fingerprint density at radius 1 is 1.43 bits per heavy atom. The molecule has 1 N–H and O–H groups in total. The summed E-state index contributed by atoms with van der Waals surface area (Å²) in [7, 11) is 0. The summed E-state index contributed by atoms with van der Waals surface area (Å²) in [4.78, 5) is 0. The molecule has 0 rings (SSSR count). The highest BCUT2D eigenvalue weighted by atomic mass is 32.2. The molecule has 0 saturated heterocycles. The molecule has 0 heterocycles. The molecule has 43 valence electrons. The van der Waals surface area contributed by atoms with Gasteiger partial charge in [-0.2, -0.15) is 11.8 Å². The van der Waals surface area contributed by atoms with Crippen molar-refractivity contribution in [3.8, 4) is 0 Å². The quantitative estimate of drug-likeness (QED) is 0.512. The van der Waals surface area contributed by atoms with Crippen LogP contribution in [0.1, 0.15) is 13.3 Å². The summed E-state index contributed by atoms with van der Waals surface area (Å²) in [5.41, 5.74) is 6.76. The molecule has 0 spiro atoms. The SMILES string of the molecule is CCCSCC[NH]. The lowest BCUT2D eigenvalue weighted by Gasteiger charge is -1.90. The van der Waals surface area contributed by atoms with Gasteiger partial charge in [0.2, 0.25) is 0 Å². The minimum atomic E-state index is 0.574. The first-order chi connectivity index (χ1) is 3.41.